The Labute approximate surface area is 104 Å². The molecule has 0 bridgehead atoms. The van der Waals surface area contributed by atoms with Crippen molar-refractivity contribution in [1.29, 1.82) is 0 Å². The molecule has 2 N–H and O–H groups in total. The Bertz CT molecular complexity index is 373. The molecule has 0 saturated carbocycles. The number of halogens is 2. The average Bonchev–Trinajstić information content (AvgIpc) is 2.22. The largest absolute Gasteiger partial charge is 0.376 e. The van der Waals surface area contributed by atoms with Crippen molar-refractivity contribution in [3.05, 3.63) is 40.9 Å². The molecule has 0 unspecified atom stereocenters. The first kappa shape index (κ1) is 12.9. The molecule has 0 fully saturated rings. The summed E-state index contributed by atoms with van der Waals surface area (Å²) in [5, 5.41) is 6.62. The third kappa shape index (κ3) is 4.55. The van der Waals surface area contributed by atoms with Gasteiger partial charge in [0.05, 0.1) is 6.54 Å². The number of benzene rings is 1. The van der Waals surface area contributed by atoms with Crippen LogP contribution in [-0.4, -0.2) is 19.0 Å². The van der Waals surface area contributed by atoms with Gasteiger partial charge in [-0.15, -0.1) is 6.58 Å². The lowest BCUT2D eigenvalue weighted by atomic mass is 10.3. The van der Waals surface area contributed by atoms with Gasteiger partial charge in [0, 0.05) is 22.3 Å². The minimum atomic E-state index is -0.115. The van der Waals surface area contributed by atoms with Crippen LogP contribution in [0.15, 0.2) is 30.9 Å². The summed E-state index contributed by atoms with van der Waals surface area (Å²) in [5.74, 6) is -0.115. The van der Waals surface area contributed by atoms with Crippen LogP contribution in [0, 0.1) is 0 Å². The van der Waals surface area contributed by atoms with E-state index < -0.39 is 0 Å². The normalized spacial score (nSPS) is 9.62. The Balaban J connectivity index is 2.47. The number of hydrogen-bond donors (Lipinski definition) is 2. The quantitative estimate of drug-likeness (QED) is 0.798. The molecule has 0 spiro atoms. The van der Waals surface area contributed by atoms with Crippen molar-refractivity contribution in [2.45, 2.75) is 0 Å². The van der Waals surface area contributed by atoms with Gasteiger partial charge in [-0.05, 0) is 18.2 Å². The molecule has 0 aliphatic heterocycles. The van der Waals surface area contributed by atoms with E-state index in [1.807, 2.05) is 0 Å². The highest BCUT2D eigenvalue weighted by Crippen LogP contribution is 2.22. The lowest BCUT2D eigenvalue weighted by Gasteiger charge is -2.07. The molecule has 0 saturated heterocycles. The van der Waals surface area contributed by atoms with Gasteiger partial charge < -0.3 is 10.6 Å². The van der Waals surface area contributed by atoms with E-state index in [0.717, 1.165) is 0 Å². The molecule has 0 heterocycles. The second kappa shape index (κ2) is 6.40. The Hall–Kier alpha value is -1.19. The van der Waals surface area contributed by atoms with Crippen molar-refractivity contribution < 1.29 is 4.79 Å². The molecule has 1 aromatic rings. The smallest absolute Gasteiger partial charge is 0.239 e. The third-order valence-corrected chi connectivity index (χ3v) is 2.20. The highest BCUT2D eigenvalue weighted by Gasteiger charge is 2.01. The zero-order valence-corrected chi connectivity index (χ0v) is 10.1. The number of nitrogens with one attached hydrogen (secondary N) is 2. The fourth-order valence-electron chi connectivity index (χ4n) is 1.09. The second-order valence-corrected chi connectivity index (χ2v) is 3.98. The van der Waals surface area contributed by atoms with Gasteiger partial charge in [0.2, 0.25) is 5.91 Å². The van der Waals surface area contributed by atoms with Gasteiger partial charge in [-0.25, -0.2) is 0 Å². The molecule has 16 heavy (non-hydrogen) atoms. The van der Waals surface area contributed by atoms with E-state index in [9.17, 15) is 4.79 Å². The highest BCUT2D eigenvalue weighted by molar-refractivity contribution is 6.35. The number of carbonyl (C=O) groups is 1. The zero-order chi connectivity index (χ0) is 12.0. The standard InChI is InChI=1S/C11H12Cl2N2O/c1-2-3-14-11(16)7-15-10-5-8(12)4-9(13)6-10/h2,4-6,15H,1,3,7H2,(H,14,16). The van der Waals surface area contributed by atoms with E-state index in [2.05, 4.69) is 17.2 Å². The van der Waals surface area contributed by atoms with Gasteiger partial charge in [-0.3, -0.25) is 4.79 Å². The Morgan fingerprint density at radius 2 is 1.94 bits per heavy atom. The van der Waals surface area contributed by atoms with E-state index in [4.69, 9.17) is 23.2 Å². The van der Waals surface area contributed by atoms with Crippen molar-refractivity contribution in [1.82, 2.24) is 5.32 Å². The van der Waals surface area contributed by atoms with Gasteiger partial charge in [-0.2, -0.15) is 0 Å². The molecule has 1 amide bonds. The zero-order valence-electron chi connectivity index (χ0n) is 8.59. The molecule has 0 aliphatic rings. The monoisotopic (exact) mass is 258 g/mol. The molecule has 0 atom stereocenters. The van der Waals surface area contributed by atoms with Crippen molar-refractivity contribution in [3.63, 3.8) is 0 Å². The molecular weight excluding hydrogens is 247 g/mol. The predicted molar refractivity (Wildman–Crippen MR) is 68.2 cm³/mol. The van der Waals surface area contributed by atoms with Crippen LogP contribution in [0.1, 0.15) is 0 Å². The molecule has 1 aromatic carbocycles. The molecule has 0 aromatic heterocycles. The highest BCUT2D eigenvalue weighted by atomic mass is 35.5. The van der Waals surface area contributed by atoms with Crippen LogP contribution in [0.4, 0.5) is 5.69 Å². The van der Waals surface area contributed by atoms with Crippen LogP contribution < -0.4 is 10.6 Å². The van der Waals surface area contributed by atoms with Crippen LogP contribution in [0.5, 0.6) is 0 Å². The topological polar surface area (TPSA) is 41.1 Å². The van der Waals surface area contributed by atoms with Gasteiger partial charge in [0.15, 0.2) is 0 Å². The predicted octanol–water partition coefficient (Wildman–Crippen LogP) is 2.71. The fraction of sp³-hybridized carbons (Fsp3) is 0.182. The lowest BCUT2D eigenvalue weighted by Crippen LogP contribution is -2.29. The number of hydrogen-bond acceptors (Lipinski definition) is 2. The third-order valence-electron chi connectivity index (χ3n) is 1.76. The Morgan fingerprint density at radius 3 is 2.50 bits per heavy atom. The summed E-state index contributed by atoms with van der Waals surface area (Å²) in [6.45, 7) is 4.13. The number of rotatable bonds is 5. The van der Waals surface area contributed by atoms with Gasteiger partial charge in [-0.1, -0.05) is 29.3 Å². The summed E-state index contributed by atoms with van der Waals surface area (Å²) in [6, 6.07) is 5.04. The average molecular weight is 259 g/mol. The van der Waals surface area contributed by atoms with Crippen molar-refractivity contribution in [2.75, 3.05) is 18.4 Å². The first-order valence-corrected chi connectivity index (χ1v) is 5.45. The summed E-state index contributed by atoms with van der Waals surface area (Å²) in [6.07, 6.45) is 1.62. The van der Waals surface area contributed by atoms with Crippen LogP contribution in [0.25, 0.3) is 0 Å². The van der Waals surface area contributed by atoms with Crippen LogP contribution in [-0.2, 0) is 4.79 Å². The molecule has 86 valence electrons. The molecule has 0 aliphatic carbocycles. The van der Waals surface area contributed by atoms with Gasteiger partial charge in [0.25, 0.3) is 0 Å². The molecule has 0 radical (unpaired) electrons. The summed E-state index contributed by atoms with van der Waals surface area (Å²) in [7, 11) is 0. The first-order valence-electron chi connectivity index (χ1n) is 4.69. The maximum atomic E-state index is 11.3. The maximum Gasteiger partial charge on any atom is 0.239 e. The van der Waals surface area contributed by atoms with E-state index in [-0.39, 0.29) is 12.5 Å². The second-order valence-electron chi connectivity index (χ2n) is 3.10. The van der Waals surface area contributed by atoms with Crippen molar-refractivity contribution in [3.8, 4) is 0 Å². The van der Waals surface area contributed by atoms with Gasteiger partial charge in [0.1, 0.15) is 0 Å². The Kier molecular flexibility index (Phi) is 5.15. The molecule has 5 heteroatoms. The minimum Gasteiger partial charge on any atom is -0.376 e. The SMILES string of the molecule is C=CCNC(=O)CNc1cc(Cl)cc(Cl)c1. The number of carbonyl (C=O) groups excluding carboxylic acids is 1. The molecule has 1 rings (SSSR count). The summed E-state index contributed by atoms with van der Waals surface area (Å²) in [5.41, 5.74) is 0.714. The Morgan fingerprint density at radius 1 is 1.31 bits per heavy atom. The first-order chi connectivity index (χ1) is 7.61. The van der Waals surface area contributed by atoms with E-state index in [1.54, 1.807) is 24.3 Å². The number of anilines is 1. The summed E-state index contributed by atoms with van der Waals surface area (Å²) in [4.78, 5) is 11.3. The van der Waals surface area contributed by atoms with Crippen molar-refractivity contribution >= 4 is 34.8 Å². The number of amides is 1. The molecular formula is C11H12Cl2N2O. The lowest BCUT2D eigenvalue weighted by molar-refractivity contribution is -0.119. The van der Waals surface area contributed by atoms with Crippen molar-refractivity contribution in [2.24, 2.45) is 0 Å². The van der Waals surface area contributed by atoms with E-state index >= 15 is 0 Å². The fourth-order valence-corrected chi connectivity index (χ4v) is 1.61. The van der Waals surface area contributed by atoms with E-state index in [0.29, 0.717) is 22.3 Å². The summed E-state index contributed by atoms with van der Waals surface area (Å²) >= 11 is 11.6. The summed E-state index contributed by atoms with van der Waals surface area (Å²) < 4.78 is 0. The van der Waals surface area contributed by atoms with Gasteiger partial charge >= 0.3 is 0 Å². The van der Waals surface area contributed by atoms with Crippen LogP contribution in [0.2, 0.25) is 10.0 Å². The van der Waals surface area contributed by atoms with Crippen LogP contribution in [0.3, 0.4) is 0 Å². The van der Waals surface area contributed by atoms with E-state index in [1.165, 1.54) is 0 Å². The minimum absolute atomic E-state index is 0.115. The van der Waals surface area contributed by atoms with Crippen LogP contribution >= 0.6 is 23.2 Å². The maximum absolute atomic E-state index is 11.3. The molecule has 3 nitrogen and oxygen atoms in total.